The first-order valence-corrected chi connectivity index (χ1v) is 5.08. The normalized spacial score (nSPS) is 10.5. The summed E-state index contributed by atoms with van der Waals surface area (Å²) in [5.41, 5.74) is -0.510. The Balaban J connectivity index is 2.66. The van der Waals surface area contributed by atoms with Gasteiger partial charge in [0.2, 0.25) is 0 Å². The van der Waals surface area contributed by atoms with Gasteiger partial charge in [-0.05, 0) is 12.1 Å². The molecule has 0 radical (unpaired) electrons. The van der Waals surface area contributed by atoms with Crippen LogP contribution in [0.25, 0.3) is 10.4 Å². The van der Waals surface area contributed by atoms with Gasteiger partial charge in [0.25, 0.3) is 5.56 Å². The van der Waals surface area contributed by atoms with Crippen LogP contribution in [0.5, 0.6) is 0 Å². The molecule has 0 amide bonds. The molecule has 2 aromatic heterocycles. The highest BCUT2D eigenvalue weighted by Gasteiger charge is 2.18. The molecular weight excluding hydrogens is 240 g/mol. The summed E-state index contributed by atoms with van der Waals surface area (Å²) < 4.78 is 0.502. The molecule has 0 unspecified atom stereocenters. The first kappa shape index (κ1) is 10.0. The second-order valence-electron chi connectivity index (χ2n) is 2.74. The predicted octanol–water partition coefficient (Wildman–Crippen LogP) is 1.78. The molecule has 0 aromatic carbocycles. The van der Waals surface area contributed by atoms with E-state index in [4.69, 9.17) is 16.7 Å². The summed E-state index contributed by atoms with van der Waals surface area (Å²) in [6.07, 6.45) is 0. The summed E-state index contributed by atoms with van der Waals surface area (Å²) in [5.74, 6) is -1.19. The standard InChI is InChI=1S/C8H5ClN2O3S/c9-4-2-1-3(15-4)5-6(8(13)14)10-11-7(5)12/h1-2H,(H,13,14)(H2,10,11,12). The molecule has 7 heteroatoms. The van der Waals surface area contributed by atoms with E-state index in [-0.39, 0.29) is 11.3 Å². The number of rotatable bonds is 2. The molecule has 15 heavy (non-hydrogen) atoms. The van der Waals surface area contributed by atoms with Gasteiger partial charge in [-0.2, -0.15) is 0 Å². The molecule has 2 heterocycles. The second kappa shape index (κ2) is 3.56. The molecule has 0 bridgehead atoms. The van der Waals surface area contributed by atoms with Crippen LogP contribution in [0.15, 0.2) is 16.9 Å². The first-order valence-electron chi connectivity index (χ1n) is 3.89. The van der Waals surface area contributed by atoms with Crippen molar-refractivity contribution >= 4 is 28.9 Å². The minimum Gasteiger partial charge on any atom is -0.477 e. The van der Waals surface area contributed by atoms with E-state index in [0.717, 1.165) is 11.3 Å². The Bertz CT molecular complexity index is 568. The van der Waals surface area contributed by atoms with Gasteiger partial charge in [0.15, 0.2) is 5.69 Å². The molecule has 0 atom stereocenters. The minimum absolute atomic E-state index is 0.111. The number of carboxylic acids is 1. The summed E-state index contributed by atoms with van der Waals surface area (Å²) in [6.45, 7) is 0. The van der Waals surface area contributed by atoms with E-state index in [9.17, 15) is 9.59 Å². The lowest BCUT2D eigenvalue weighted by Crippen LogP contribution is -2.03. The van der Waals surface area contributed by atoms with Crippen molar-refractivity contribution in [1.29, 1.82) is 0 Å². The Kier molecular flexibility index (Phi) is 2.37. The number of nitrogens with one attached hydrogen (secondary N) is 2. The van der Waals surface area contributed by atoms with Crippen molar-refractivity contribution in [3.05, 3.63) is 32.5 Å². The first-order chi connectivity index (χ1) is 7.09. The quantitative estimate of drug-likeness (QED) is 0.753. The lowest BCUT2D eigenvalue weighted by Gasteiger charge is -1.92. The number of thiophene rings is 1. The van der Waals surface area contributed by atoms with Gasteiger partial charge in [0, 0.05) is 4.88 Å². The smallest absolute Gasteiger partial charge is 0.354 e. The van der Waals surface area contributed by atoms with Gasteiger partial charge in [-0.15, -0.1) is 11.3 Å². The molecule has 0 saturated heterocycles. The number of aromatic amines is 2. The van der Waals surface area contributed by atoms with E-state index < -0.39 is 11.5 Å². The highest BCUT2D eigenvalue weighted by molar-refractivity contribution is 7.19. The van der Waals surface area contributed by atoms with Crippen molar-refractivity contribution in [2.75, 3.05) is 0 Å². The van der Waals surface area contributed by atoms with Gasteiger partial charge in [-0.3, -0.25) is 15.0 Å². The Labute approximate surface area is 92.3 Å². The number of hydrogen-bond acceptors (Lipinski definition) is 3. The minimum atomic E-state index is -1.19. The molecule has 3 N–H and O–H groups in total. The van der Waals surface area contributed by atoms with Crippen LogP contribution in [0.4, 0.5) is 0 Å². The van der Waals surface area contributed by atoms with Gasteiger partial charge in [0.1, 0.15) is 0 Å². The van der Waals surface area contributed by atoms with Crippen molar-refractivity contribution in [3.8, 4) is 10.4 Å². The maximum absolute atomic E-state index is 11.4. The fraction of sp³-hybridized carbons (Fsp3) is 0. The topological polar surface area (TPSA) is 85.9 Å². The number of carbonyl (C=O) groups is 1. The molecule has 0 spiro atoms. The zero-order valence-electron chi connectivity index (χ0n) is 7.20. The summed E-state index contributed by atoms with van der Waals surface area (Å²) >= 11 is 6.86. The molecule has 0 aliphatic heterocycles. The fourth-order valence-corrected chi connectivity index (χ4v) is 2.29. The van der Waals surface area contributed by atoms with Gasteiger partial charge in [-0.1, -0.05) is 11.6 Å². The molecule has 0 aliphatic carbocycles. The Morgan fingerprint density at radius 1 is 1.40 bits per heavy atom. The SMILES string of the molecule is O=C(O)c1[nH][nH]c(=O)c1-c1ccc(Cl)s1. The molecule has 0 fully saturated rings. The average Bonchev–Trinajstić information content (AvgIpc) is 2.71. The van der Waals surface area contributed by atoms with Crippen molar-refractivity contribution in [3.63, 3.8) is 0 Å². The number of H-pyrrole nitrogens is 2. The van der Waals surface area contributed by atoms with Gasteiger partial charge < -0.3 is 5.11 Å². The van der Waals surface area contributed by atoms with Crippen LogP contribution in [-0.2, 0) is 0 Å². The molecule has 78 valence electrons. The van der Waals surface area contributed by atoms with Crippen LogP contribution < -0.4 is 5.56 Å². The Morgan fingerprint density at radius 3 is 2.67 bits per heavy atom. The predicted molar refractivity (Wildman–Crippen MR) is 56.7 cm³/mol. The Morgan fingerprint density at radius 2 is 2.13 bits per heavy atom. The van der Waals surface area contributed by atoms with E-state index in [1.807, 2.05) is 0 Å². The van der Waals surface area contributed by atoms with Crippen LogP contribution in [0.3, 0.4) is 0 Å². The summed E-state index contributed by atoms with van der Waals surface area (Å²) in [5, 5.41) is 13.4. The fourth-order valence-electron chi connectivity index (χ4n) is 1.20. The zero-order valence-corrected chi connectivity index (χ0v) is 8.78. The largest absolute Gasteiger partial charge is 0.477 e. The summed E-state index contributed by atoms with van der Waals surface area (Å²) in [4.78, 5) is 22.7. The van der Waals surface area contributed by atoms with Crippen molar-refractivity contribution in [1.82, 2.24) is 10.2 Å². The molecule has 5 nitrogen and oxygen atoms in total. The number of carboxylic acid groups (broad SMARTS) is 1. The third-order valence-corrected chi connectivity index (χ3v) is 3.06. The van der Waals surface area contributed by atoms with Crippen molar-refractivity contribution in [2.24, 2.45) is 0 Å². The summed E-state index contributed by atoms with van der Waals surface area (Å²) in [6, 6.07) is 3.22. The molecule has 0 saturated carbocycles. The summed E-state index contributed by atoms with van der Waals surface area (Å²) in [7, 11) is 0. The second-order valence-corrected chi connectivity index (χ2v) is 4.45. The lowest BCUT2D eigenvalue weighted by atomic mass is 10.2. The number of hydrogen-bond donors (Lipinski definition) is 3. The zero-order chi connectivity index (χ0) is 11.0. The monoisotopic (exact) mass is 244 g/mol. The van der Waals surface area contributed by atoms with Crippen LogP contribution >= 0.6 is 22.9 Å². The van der Waals surface area contributed by atoms with E-state index in [1.165, 1.54) is 0 Å². The van der Waals surface area contributed by atoms with E-state index in [1.54, 1.807) is 12.1 Å². The van der Waals surface area contributed by atoms with Crippen molar-refractivity contribution < 1.29 is 9.90 Å². The highest BCUT2D eigenvalue weighted by atomic mass is 35.5. The number of aromatic nitrogens is 2. The van der Waals surface area contributed by atoms with Gasteiger partial charge in [-0.25, -0.2) is 4.79 Å². The molecule has 2 rings (SSSR count). The molecular formula is C8H5ClN2O3S. The van der Waals surface area contributed by atoms with E-state index in [2.05, 4.69) is 10.2 Å². The number of halogens is 1. The lowest BCUT2D eigenvalue weighted by molar-refractivity contribution is 0.0691. The maximum Gasteiger partial charge on any atom is 0.354 e. The third-order valence-electron chi connectivity index (χ3n) is 1.81. The average molecular weight is 245 g/mol. The number of aromatic carboxylic acids is 1. The van der Waals surface area contributed by atoms with E-state index >= 15 is 0 Å². The van der Waals surface area contributed by atoms with Crippen LogP contribution in [0.2, 0.25) is 4.34 Å². The highest BCUT2D eigenvalue weighted by Crippen LogP contribution is 2.30. The van der Waals surface area contributed by atoms with E-state index in [0.29, 0.717) is 9.21 Å². The van der Waals surface area contributed by atoms with Gasteiger partial charge >= 0.3 is 5.97 Å². The maximum atomic E-state index is 11.4. The van der Waals surface area contributed by atoms with Gasteiger partial charge in [0.05, 0.1) is 9.90 Å². The molecule has 2 aromatic rings. The van der Waals surface area contributed by atoms with Crippen LogP contribution in [-0.4, -0.2) is 21.3 Å². The third kappa shape index (κ3) is 1.69. The van der Waals surface area contributed by atoms with Crippen molar-refractivity contribution in [2.45, 2.75) is 0 Å². The molecule has 0 aliphatic rings. The van der Waals surface area contributed by atoms with Crippen LogP contribution in [0.1, 0.15) is 10.5 Å². The van der Waals surface area contributed by atoms with Crippen LogP contribution in [0, 0.1) is 0 Å². The Hall–Kier alpha value is -1.53.